The van der Waals surface area contributed by atoms with Gasteiger partial charge in [-0.15, -0.1) is 0 Å². The van der Waals surface area contributed by atoms with Crippen LogP contribution in [0.2, 0.25) is 0 Å². The van der Waals surface area contributed by atoms with E-state index in [0.717, 1.165) is 24.8 Å². The van der Waals surface area contributed by atoms with E-state index >= 15 is 0 Å². The average Bonchev–Trinajstić information content (AvgIpc) is 2.87. The minimum Gasteiger partial charge on any atom is -0.481 e. The van der Waals surface area contributed by atoms with Gasteiger partial charge in [0, 0.05) is 19.4 Å². The Kier molecular flexibility index (Phi) is 22.8. The number of carbonyl (C=O) groups is 5. The highest BCUT2D eigenvalue weighted by molar-refractivity contribution is 5.78. The summed E-state index contributed by atoms with van der Waals surface area (Å²) in [7, 11) is 0. The lowest BCUT2D eigenvalue weighted by molar-refractivity contribution is -0.142. The molecule has 0 saturated carbocycles. The monoisotopic (exact) mass is 548 g/mol. The third-order valence-corrected chi connectivity index (χ3v) is 4.98. The van der Waals surface area contributed by atoms with E-state index in [0.29, 0.717) is 18.8 Å². The van der Waals surface area contributed by atoms with Gasteiger partial charge >= 0.3 is 5.97 Å². The molecular weight excluding hydrogens is 507 g/mol. The summed E-state index contributed by atoms with van der Waals surface area (Å²) >= 11 is 0. The zero-order valence-corrected chi connectivity index (χ0v) is 22.6. The van der Waals surface area contributed by atoms with Crippen LogP contribution in [-0.4, -0.2) is 42.3 Å². The van der Waals surface area contributed by atoms with Gasteiger partial charge in [0.15, 0.2) is 0 Å². The maximum absolute atomic E-state index is 12.6. The molecule has 39 heavy (non-hydrogen) atoms. The molecule has 0 heterocycles. The summed E-state index contributed by atoms with van der Waals surface area (Å²) in [5.74, 6) is -1.30. The Morgan fingerprint density at radius 2 is 1.41 bits per heavy atom. The molecule has 2 aromatic carbocycles. The molecule has 0 bridgehead atoms. The number of carboxylic acid groups (broad SMARTS) is 1. The molecule has 0 spiro atoms. The summed E-state index contributed by atoms with van der Waals surface area (Å²) in [5.41, 5.74) is 15.4. The van der Waals surface area contributed by atoms with Crippen molar-refractivity contribution in [2.24, 2.45) is 29.0 Å². The topological polar surface area (TPSA) is 196 Å². The molecule has 2 rings (SSSR count). The molecule has 2 aromatic rings. The van der Waals surface area contributed by atoms with Crippen molar-refractivity contribution in [3.63, 3.8) is 0 Å². The summed E-state index contributed by atoms with van der Waals surface area (Å²) in [6, 6.07) is 16.1. The number of hydrogen-bond donors (Lipinski definition) is 5. The van der Waals surface area contributed by atoms with Crippen molar-refractivity contribution in [3.8, 4) is 0 Å². The third kappa shape index (κ3) is 23.8. The maximum Gasteiger partial charge on any atom is 0.306 e. The van der Waals surface area contributed by atoms with Crippen LogP contribution in [-0.2, 0) is 36.8 Å². The SMILES string of the molecule is CC(C)CC(CCc1ccccc1)C(=O)O.NC(=O)CCNC(=O)CCc1ccc(F)cc1.NC=O.NC=O. The molecule has 0 radical (unpaired) electrons. The molecule has 0 aliphatic rings. The Labute approximate surface area is 229 Å². The minimum absolute atomic E-state index is 0.141. The fourth-order valence-electron chi connectivity index (χ4n) is 3.22. The zero-order valence-electron chi connectivity index (χ0n) is 22.6. The molecule has 10 nitrogen and oxygen atoms in total. The van der Waals surface area contributed by atoms with E-state index in [2.05, 4.69) is 30.6 Å². The summed E-state index contributed by atoms with van der Waals surface area (Å²) in [4.78, 5) is 50.0. The van der Waals surface area contributed by atoms with Crippen LogP contribution in [0, 0.1) is 17.7 Å². The van der Waals surface area contributed by atoms with Gasteiger partial charge in [0.25, 0.3) is 0 Å². The van der Waals surface area contributed by atoms with Gasteiger partial charge in [0.1, 0.15) is 5.82 Å². The van der Waals surface area contributed by atoms with Crippen LogP contribution in [0.3, 0.4) is 0 Å². The highest BCUT2D eigenvalue weighted by atomic mass is 19.1. The Morgan fingerprint density at radius 3 is 1.87 bits per heavy atom. The van der Waals surface area contributed by atoms with E-state index in [9.17, 15) is 18.8 Å². The summed E-state index contributed by atoms with van der Waals surface area (Å²) in [5, 5.41) is 11.7. The lowest BCUT2D eigenvalue weighted by atomic mass is 9.91. The van der Waals surface area contributed by atoms with E-state index in [1.807, 2.05) is 30.3 Å². The number of primary amides is 3. The number of amides is 4. The van der Waals surface area contributed by atoms with Crippen molar-refractivity contribution >= 4 is 30.6 Å². The van der Waals surface area contributed by atoms with Crippen LogP contribution in [0.15, 0.2) is 54.6 Å². The van der Waals surface area contributed by atoms with Gasteiger partial charge in [0.05, 0.1) is 5.92 Å². The van der Waals surface area contributed by atoms with Crippen LogP contribution in [0.1, 0.15) is 50.7 Å². The number of halogens is 1. The Hall–Kier alpha value is -4.28. The first kappa shape index (κ1) is 36.9. The lowest BCUT2D eigenvalue weighted by Crippen LogP contribution is -2.27. The number of nitrogens with one attached hydrogen (secondary N) is 1. The molecule has 0 aliphatic carbocycles. The van der Waals surface area contributed by atoms with Crippen LogP contribution in [0.4, 0.5) is 4.39 Å². The molecule has 4 amide bonds. The number of hydrogen-bond acceptors (Lipinski definition) is 5. The van der Waals surface area contributed by atoms with Crippen molar-refractivity contribution in [3.05, 3.63) is 71.5 Å². The number of carboxylic acids is 1. The Bertz CT molecular complexity index is 950. The third-order valence-electron chi connectivity index (χ3n) is 4.98. The van der Waals surface area contributed by atoms with Crippen molar-refractivity contribution < 1.29 is 33.5 Å². The van der Waals surface area contributed by atoms with Crippen LogP contribution in [0.25, 0.3) is 0 Å². The molecular formula is C28H41FN4O6. The van der Waals surface area contributed by atoms with E-state index in [1.54, 1.807) is 12.1 Å². The fraction of sp³-hybridized carbons (Fsp3) is 0.393. The number of aliphatic carboxylic acids is 1. The van der Waals surface area contributed by atoms with Gasteiger partial charge in [-0.1, -0.05) is 56.3 Å². The van der Waals surface area contributed by atoms with E-state index in [4.69, 9.17) is 20.4 Å². The molecule has 0 aromatic heterocycles. The Balaban J connectivity index is 0. The van der Waals surface area contributed by atoms with Crippen molar-refractivity contribution in [2.45, 2.75) is 52.4 Å². The second-order valence-electron chi connectivity index (χ2n) is 8.65. The summed E-state index contributed by atoms with van der Waals surface area (Å²) < 4.78 is 12.6. The molecule has 11 heteroatoms. The van der Waals surface area contributed by atoms with Gasteiger partial charge in [0.2, 0.25) is 24.6 Å². The van der Waals surface area contributed by atoms with E-state index < -0.39 is 11.9 Å². The number of aryl methyl sites for hydroxylation is 2. The van der Waals surface area contributed by atoms with Crippen LogP contribution in [0.5, 0.6) is 0 Å². The van der Waals surface area contributed by atoms with Gasteiger partial charge in [-0.2, -0.15) is 0 Å². The largest absolute Gasteiger partial charge is 0.481 e. The summed E-state index contributed by atoms with van der Waals surface area (Å²) in [6.45, 7) is 4.40. The van der Waals surface area contributed by atoms with Crippen molar-refractivity contribution in [2.75, 3.05) is 6.54 Å². The normalized spacial score (nSPS) is 10.2. The molecule has 8 N–H and O–H groups in total. The first-order valence-corrected chi connectivity index (χ1v) is 12.4. The molecule has 0 saturated heterocycles. The lowest BCUT2D eigenvalue weighted by Gasteiger charge is -2.14. The van der Waals surface area contributed by atoms with Crippen molar-refractivity contribution in [1.82, 2.24) is 5.32 Å². The molecule has 0 fully saturated rings. The average molecular weight is 549 g/mol. The smallest absolute Gasteiger partial charge is 0.306 e. The van der Waals surface area contributed by atoms with Crippen LogP contribution >= 0.6 is 0 Å². The first-order valence-electron chi connectivity index (χ1n) is 12.4. The van der Waals surface area contributed by atoms with E-state index in [1.165, 1.54) is 17.7 Å². The minimum atomic E-state index is -0.662. The number of nitrogens with two attached hydrogens (primary N) is 3. The van der Waals surface area contributed by atoms with Crippen LogP contribution < -0.4 is 22.5 Å². The van der Waals surface area contributed by atoms with Gasteiger partial charge < -0.3 is 27.6 Å². The standard InChI is InChI=1S/C14H20O2.C12H15FN2O2.2CH3NO/c1-11(2)10-13(14(15)16)9-8-12-6-4-3-5-7-12;13-10-4-1-9(2-5-10)3-6-12(17)15-8-7-11(14)16;2*2-1-3/h3-7,11,13H,8-10H2,1-2H3,(H,15,16);1-2,4-5H,3,6-8H2,(H2,14,16)(H,15,17);2*1H,(H2,2,3). The highest BCUT2D eigenvalue weighted by Gasteiger charge is 2.18. The molecule has 1 unspecified atom stereocenters. The molecule has 0 aliphatic heterocycles. The van der Waals surface area contributed by atoms with Gasteiger partial charge in [-0.3, -0.25) is 24.0 Å². The highest BCUT2D eigenvalue weighted by Crippen LogP contribution is 2.18. The Morgan fingerprint density at radius 1 is 0.897 bits per heavy atom. The van der Waals surface area contributed by atoms with E-state index in [-0.39, 0.29) is 43.4 Å². The van der Waals surface area contributed by atoms with Gasteiger partial charge in [-0.05, 0) is 54.9 Å². The fourth-order valence-corrected chi connectivity index (χ4v) is 3.22. The molecule has 1 atom stereocenters. The molecule has 216 valence electrons. The predicted molar refractivity (Wildman–Crippen MR) is 147 cm³/mol. The second-order valence-corrected chi connectivity index (χ2v) is 8.65. The number of benzene rings is 2. The first-order chi connectivity index (χ1) is 18.5. The zero-order chi connectivity index (χ0) is 30.1. The predicted octanol–water partition coefficient (Wildman–Crippen LogP) is 2.32. The summed E-state index contributed by atoms with van der Waals surface area (Å²) in [6.07, 6.45) is 3.85. The quantitative estimate of drug-likeness (QED) is 0.252. The second kappa shape index (κ2) is 24.1. The number of rotatable bonds is 12. The van der Waals surface area contributed by atoms with Gasteiger partial charge in [-0.25, -0.2) is 4.39 Å². The number of carbonyl (C=O) groups excluding carboxylic acids is 4. The van der Waals surface area contributed by atoms with Crippen molar-refractivity contribution in [1.29, 1.82) is 0 Å². The maximum atomic E-state index is 12.6.